The van der Waals surface area contributed by atoms with E-state index in [1.807, 2.05) is 13.8 Å². The van der Waals surface area contributed by atoms with Gasteiger partial charge in [-0.05, 0) is 18.1 Å². The molecule has 2 aromatic heterocycles. The van der Waals surface area contributed by atoms with Gasteiger partial charge in [-0.15, -0.1) is 0 Å². The van der Waals surface area contributed by atoms with Crippen LogP contribution in [0.3, 0.4) is 0 Å². The number of hydrogen-bond donors (Lipinski definition) is 1. The Kier molecular flexibility index (Phi) is 3.46. The van der Waals surface area contributed by atoms with E-state index in [0.29, 0.717) is 16.8 Å². The van der Waals surface area contributed by atoms with Crippen LogP contribution in [0.4, 0.5) is 13.2 Å². The average Bonchev–Trinajstić information content (AvgIpc) is 2.94. The van der Waals surface area contributed by atoms with Crippen LogP contribution in [0.25, 0.3) is 17.0 Å². The third-order valence-corrected chi connectivity index (χ3v) is 3.53. The van der Waals surface area contributed by atoms with Crippen molar-refractivity contribution in [3.8, 4) is 11.3 Å². The molecule has 0 aliphatic carbocycles. The van der Waals surface area contributed by atoms with E-state index in [4.69, 9.17) is 0 Å². The minimum atomic E-state index is -4.40. The van der Waals surface area contributed by atoms with Crippen molar-refractivity contribution in [1.29, 1.82) is 0 Å². The zero-order chi connectivity index (χ0) is 16.8. The Morgan fingerprint density at radius 2 is 1.83 bits per heavy atom. The van der Waals surface area contributed by atoms with Gasteiger partial charge < -0.3 is 0 Å². The first-order chi connectivity index (χ1) is 10.8. The first kappa shape index (κ1) is 15.3. The second-order valence-electron chi connectivity index (χ2n) is 5.43. The second kappa shape index (κ2) is 5.22. The van der Waals surface area contributed by atoms with Crippen molar-refractivity contribution in [1.82, 2.24) is 19.6 Å². The molecular weight excluding hydrogens is 309 g/mol. The minimum absolute atomic E-state index is 0.146. The normalized spacial score (nSPS) is 12.3. The topological polar surface area (TPSA) is 63.1 Å². The summed E-state index contributed by atoms with van der Waals surface area (Å²) in [7, 11) is 0. The van der Waals surface area contributed by atoms with E-state index < -0.39 is 11.7 Å². The predicted molar refractivity (Wildman–Crippen MR) is 78.1 cm³/mol. The summed E-state index contributed by atoms with van der Waals surface area (Å²) >= 11 is 0. The maximum absolute atomic E-state index is 12.7. The van der Waals surface area contributed by atoms with Crippen molar-refractivity contribution in [3.63, 3.8) is 0 Å². The highest BCUT2D eigenvalue weighted by Gasteiger charge is 2.30. The number of hydrogen-bond acceptors (Lipinski definition) is 3. The lowest BCUT2D eigenvalue weighted by molar-refractivity contribution is -0.137. The van der Waals surface area contributed by atoms with Gasteiger partial charge in [-0.25, -0.2) is 9.97 Å². The van der Waals surface area contributed by atoms with E-state index in [9.17, 15) is 18.0 Å². The second-order valence-corrected chi connectivity index (χ2v) is 5.43. The first-order valence-electron chi connectivity index (χ1n) is 6.92. The van der Waals surface area contributed by atoms with Gasteiger partial charge in [-0.1, -0.05) is 26.0 Å². The van der Waals surface area contributed by atoms with Gasteiger partial charge in [-0.2, -0.15) is 17.7 Å². The van der Waals surface area contributed by atoms with E-state index in [2.05, 4.69) is 15.1 Å². The van der Waals surface area contributed by atoms with Crippen LogP contribution in [0.2, 0.25) is 0 Å². The summed E-state index contributed by atoms with van der Waals surface area (Å²) in [5.41, 5.74) is 0.170. The van der Waals surface area contributed by atoms with Crippen LogP contribution in [-0.2, 0) is 6.18 Å². The molecule has 3 rings (SSSR count). The van der Waals surface area contributed by atoms with E-state index in [1.54, 1.807) is 0 Å². The molecule has 8 heteroatoms. The zero-order valence-electron chi connectivity index (χ0n) is 12.3. The highest BCUT2D eigenvalue weighted by Crippen LogP contribution is 2.32. The van der Waals surface area contributed by atoms with E-state index in [1.165, 1.54) is 23.0 Å². The van der Waals surface area contributed by atoms with Crippen LogP contribution in [0.5, 0.6) is 0 Å². The average molecular weight is 322 g/mol. The molecule has 0 amide bonds. The molecule has 0 aliphatic rings. The minimum Gasteiger partial charge on any atom is -0.278 e. The largest absolute Gasteiger partial charge is 0.416 e. The van der Waals surface area contributed by atoms with Crippen molar-refractivity contribution in [3.05, 3.63) is 52.1 Å². The highest BCUT2D eigenvalue weighted by molar-refractivity contribution is 5.65. The molecule has 0 spiro atoms. The van der Waals surface area contributed by atoms with Gasteiger partial charge in [0.15, 0.2) is 0 Å². The smallest absolute Gasteiger partial charge is 0.278 e. The Balaban J connectivity index is 2.23. The van der Waals surface area contributed by atoms with Crippen LogP contribution in [0.15, 0.2) is 35.4 Å². The summed E-state index contributed by atoms with van der Waals surface area (Å²) in [6, 6.07) is 4.60. The van der Waals surface area contributed by atoms with Crippen LogP contribution >= 0.6 is 0 Å². The number of benzene rings is 1. The lowest BCUT2D eigenvalue weighted by atomic mass is 9.97. The molecule has 3 aromatic rings. The number of nitrogens with one attached hydrogen (secondary N) is 1. The van der Waals surface area contributed by atoms with Crippen molar-refractivity contribution in [2.24, 2.45) is 0 Å². The van der Waals surface area contributed by atoms with Crippen molar-refractivity contribution in [2.75, 3.05) is 0 Å². The summed E-state index contributed by atoms with van der Waals surface area (Å²) in [6.45, 7) is 3.66. The zero-order valence-corrected chi connectivity index (χ0v) is 12.3. The van der Waals surface area contributed by atoms with Gasteiger partial charge in [-0.3, -0.25) is 9.89 Å². The monoisotopic (exact) mass is 322 g/mol. The highest BCUT2D eigenvalue weighted by atomic mass is 19.4. The Morgan fingerprint density at radius 3 is 2.39 bits per heavy atom. The molecule has 0 saturated carbocycles. The maximum Gasteiger partial charge on any atom is 0.416 e. The molecule has 1 aromatic carbocycles. The summed E-state index contributed by atoms with van der Waals surface area (Å²) in [4.78, 5) is 20.8. The maximum atomic E-state index is 12.7. The quantitative estimate of drug-likeness (QED) is 0.788. The number of halogens is 3. The molecule has 5 nitrogen and oxygen atoms in total. The number of nitrogens with zero attached hydrogens (tertiary/aromatic N) is 3. The van der Waals surface area contributed by atoms with Crippen LogP contribution in [-0.4, -0.2) is 19.6 Å². The molecule has 0 bridgehead atoms. The SMILES string of the molecule is CC(C)c1c(-c2ccc(C(F)(F)F)cc2)nc2nc[nH]n2c1=O. The van der Waals surface area contributed by atoms with Gasteiger partial charge in [0.2, 0.25) is 0 Å². The van der Waals surface area contributed by atoms with E-state index in [-0.39, 0.29) is 17.3 Å². The van der Waals surface area contributed by atoms with Gasteiger partial charge >= 0.3 is 6.18 Å². The fourth-order valence-corrected chi connectivity index (χ4v) is 2.43. The molecule has 0 unspecified atom stereocenters. The number of H-pyrrole nitrogens is 1. The summed E-state index contributed by atoms with van der Waals surface area (Å²) in [5, 5.41) is 2.67. The van der Waals surface area contributed by atoms with Gasteiger partial charge in [0.1, 0.15) is 6.33 Å². The van der Waals surface area contributed by atoms with Crippen LogP contribution in [0.1, 0.15) is 30.9 Å². The molecule has 120 valence electrons. The Labute approximate surface area is 128 Å². The molecule has 0 radical (unpaired) electrons. The van der Waals surface area contributed by atoms with Gasteiger partial charge in [0.25, 0.3) is 11.3 Å². The molecular formula is C15H13F3N4O. The van der Waals surface area contributed by atoms with Crippen molar-refractivity contribution < 1.29 is 13.2 Å². The summed E-state index contributed by atoms with van der Waals surface area (Å²) in [5.74, 6) is 0.0294. The van der Waals surface area contributed by atoms with E-state index in [0.717, 1.165) is 12.1 Å². The fraction of sp³-hybridized carbons (Fsp3) is 0.267. The van der Waals surface area contributed by atoms with Gasteiger partial charge in [0.05, 0.1) is 11.3 Å². The lowest BCUT2D eigenvalue weighted by Gasteiger charge is -2.12. The molecule has 0 saturated heterocycles. The van der Waals surface area contributed by atoms with Crippen molar-refractivity contribution >= 4 is 5.78 Å². The number of fused-ring (bicyclic) bond motifs is 1. The Morgan fingerprint density at radius 1 is 1.17 bits per heavy atom. The molecule has 23 heavy (non-hydrogen) atoms. The molecule has 1 N–H and O–H groups in total. The first-order valence-corrected chi connectivity index (χ1v) is 6.92. The third kappa shape index (κ3) is 2.60. The Hall–Kier alpha value is -2.64. The van der Waals surface area contributed by atoms with E-state index >= 15 is 0 Å². The fourth-order valence-electron chi connectivity index (χ4n) is 2.43. The summed E-state index contributed by atoms with van der Waals surface area (Å²) < 4.78 is 39.2. The van der Waals surface area contributed by atoms with Crippen LogP contribution in [0, 0.1) is 0 Å². The van der Waals surface area contributed by atoms with Gasteiger partial charge in [0, 0.05) is 11.1 Å². The molecule has 2 heterocycles. The third-order valence-electron chi connectivity index (χ3n) is 3.53. The number of aromatic nitrogens is 4. The molecule has 0 aliphatic heterocycles. The molecule has 0 atom stereocenters. The Bertz CT molecular complexity index is 907. The molecule has 0 fully saturated rings. The number of aromatic amines is 1. The standard InChI is InChI=1S/C15H13F3N4O/c1-8(2)11-12(21-14-19-7-20-22(14)13(11)23)9-3-5-10(6-4-9)15(16,17)18/h3-8H,1-2H3,(H,19,20,21). The van der Waals surface area contributed by atoms with Crippen LogP contribution < -0.4 is 5.56 Å². The number of rotatable bonds is 2. The van der Waals surface area contributed by atoms with Crippen molar-refractivity contribution in [2.45, 2.75) is 25.9 Å². The predicted octanol–water partition coefficient (Wildman–Crippen LogP) is 3.23. The number of alkyl halides is 3. The summed E-state index contributed by atoms with van der Waals surface area (Å²) in [6.07, 6.45) is -3.07. The lowest BCUT2D eigenvalue weighted by Crippen LogP contribution is -2.22.